The van der Waals surface area contributed by atoms with Crippen molar-refractivity contribution in [2.45, 2.75) is 13.0 Å². The third kappa shape index (κ3) is 4.59. The summed E-state index contributed by atoms with van der Waals surface area (Å²) in [7, 11) is 2.04. The van der Waals surface area contributed by atoms with Gasteiger partial charge in [0.15, 0.2) is 0 Å². The van der Waals surface area contributed by atoms with Crippen molar-refractivity contribution in [2.75, 3.05) is 46.4 Å². The summed E-state index contributed by atoms with van der Waals surface area (Å²) < 4.78 is 5.22. The van der Waals surface area contributed by atoms with Crippen molar-refractivity contribution in [3.8, 4) is 0 Å². The zero-order chi connectivity index (χ0) is 11.1. The van der Waals surface area contributed by atoms with Gasteiger partial charge in [0, 0.05) is 19.6 Å². The maximum atomic E-state index is 11.6. The van der Waals surface area contributed by atoms with Gasteiger partial charge in [0.1, 0.15) is 6.04 Å². The fourth-order valence-electron chi connectivity index (χ4n) is 1.39. The summed E-state index contributed by atoms with van der Waals surface area (Å²) in [6, 6.07) is -0.175. The maximum Gasteiger partial charge on any atom is 0.239 e. The molecule has 1 atom stereocenters. The predicted molar refractivity (Wildman–Crippen MR) is 58.8 cm³/mol. The minimum absolute atomic E-state index is 0.0409. The minimum Gasteiger partial charge on any atom is -0.378 e. The smallest absolute Gasteiger partial charge is 0.239 e. The second kappa shape index (κ2) is 6.76. The van der Waals surface area contributed by atoms with E-state index in [4.69, 9.17) is 4.74 Å². The van der Waals surface area contributed by atoms with E-state index in [9.17, 15) is 4.79 Å². The van der Waals surface area contributed by atoms with E-state index in [0.717, 1.165) is 19.6 Å². The van der Waals surface area contributed by atoms with Gasteiger partial charge in [-0.15, -0.1) is 0 Å². The second-order valence-electron chi connectivity index (χ2n) is 3.77. The van der Waals surface area contributed by atoms with Crippen LogP contribution < -0.4 is 10.6 Å². The first kappa shape index (κ1) is 12.4. The van der Waals surface area contributed by atoms with E-state index >= 15 is 0 Å². The normalized spacial score (nSPS) is 21.7. The van der Waals surface area contributed by atoms with Crippen LogP contribution >= 0.6 is 0 Å². The summed E-state index contributed by atoms with van der Waals surface area (Å²) in [5, 5.41) is 6.01. The lowest BCUT2D eigenvalue weighted by Gasteiger charge is -2.23. The van der Waals surface area contributed by atoms with Crippen molar-refractivity contribution in [3.63, 3.8) is 0 Å². The number of ether oxygens (including phenoxy) is 1. The lowest BCUT2D eigenvalue weighted by atomic mass is 10.2. The van der Waals surface area contributed by atoms with Crippen LogP contribution in [0.15, 0.2) is 0 Å². The quantitative estimate of drug-likeness (QED) is 0.620. The highest BCUT2D eigenvalue weighted by Crippen LogP contribution is 1.92. The molecule has 1 aliphatic heterocycles. The molecule has 1 unspecified atom stereocenters. The Bertz CT molecular complexity index is 193. The molecular formula is C10H21N3O2. The van der Waals surface area contributed by atoms with Crippen LogP contribution in [0.1, 0.15) is 6.92 Å². The second-order valence-corrected chi connectivity index (χ2v) is 3.77. The molecule has 5 nitrogen and oxygen atoms in total. The highest BCUT2D eigenvalue weighted by Gasteiger charge is 2.20. The molecule has 1 rings (SSSR count). The first-order valence-electron chi connectivity index (χ1n) is 5.51. The fraction of sp³-hybridized carbons (Fsp3) is 0.900. The van der Waals surface area contributed by atoms with Gasteiger partial charge in [-0.1, -0.05) is 6.92 Å². The SMILES string of the molecule is CCN(C)CCNC(=O)C1COCCN1. The predicted octanol–water partition coefficient (Wildman–Crippen LogP) is -0.957. The molecule has 1 aliphatic rings. The molecule has 15 heavy (non-hydrogen) atoms. The molecular weight excluding hydrogens is 194 g/mol. The molecule has 0 aromatic rings. The van der Waals surface area contributed by atoms with Crippen LogP contribution in [0.3, 0.4) is 0 Å². The minimum atomic E-state index is -0.175. The molecule has 2 N–H and O–H groups in total. The Morgan fingerprint density at radius 3 is 3.07 bits per heavy atom. The number of hydrogen-bond donors (Lipinski definition) is 2. The third-order valence-electron chi connectivity index (χ3n) is 2.57. The van der Waals surface area contributed by atoms with Gasteiger partial charge in [-0.2, -0.15) is 0 Å². The molecule has 0 saturated carbocycles. The monoisotopic (exact) mass is 215 g/mol. The average Bonchev–Trinajstić information content (AvgIpc) is 2.29. The Morgan fingerprint density at radius 1 is 1.67 bits per heavy atom. The van der Waals surface area contributed by atoms with Gasteiger partial charge in [-0.05, 0) is 13.6 Å². The standard InChI is InChI=1S/C10H21N3O2/c1-3-13(2)6-4-12-10(14)9-8-15-7-5-11-9/h9,11H,3-8H2,1-2H3,(H,12,14). The molecule has 0 aromatic carbocycles. The average molecular weight is 215 g/mol. The number of morpholine rings is 1. The zero-order valence-corrected chi connectivity index (χ0v) is 9.58. The van der Waals surface area contributed by atoms with Crippen LogP contribution in [-0.4, -0.2) is 63.3 Å². The van der Waals surface area contributed by atoms with Crippen LogP contribution in [0.4, 0.5) is 0 Å². The van der Waals surface area contributed by atoms with Gasteiger partial charge in [0.05, 0.1) is 13.2 Å². The Labute approximate surface area is 91.2 Å². The topological polar surface area (TPSA) is 53.6 Å². The van der Waals surface area contributed by atoms with Crippen LogP contribution in [0.25, 0.3) is 0 Å². The van der Waals surface area contributed by atoms with E-state index in [1.54, 1.807) is 0 Å². The van der Waals surface area contributed by atoms with E-state index in [2.05, 4.69) is 22.5 Å². The zero-order valence-electron chi connectivity index (χ0n) is 9.58. The molecule has 1 saturated heterocycles. The number of nitrogens with zero attached hydrogens (tertiary/aromatic N) is 1. The van der Waals surface area contributed by atoms with Crippen LogP contribution in [0.2, 0.25) is 0 Å². The number of carbonyl (C=O) groups is 1. The van der Waals surface area contributed by atoms with Gasteiger partial charge >= 0.3 is 0 Å². The maximum absolute atomic E-state index is 11.6. The number of nitrogens with one attached hydrogen (secondary N) is 2. The number of amides is 1. The Balaban J connectivity index is 2.12. The van der Waals surface area contributed by atoms with Gasteiger partial charge in [-0.25, -0.2) is 0 Å². The number of hydrogen-bond acceptors (Lipinski definition) is 4. The van der Waals surface area contributed by atoms with Crippen molar-refractivity contribution in [3.05, 3.63) is 0 Å². The third-order valence-corrected chi connectivity index (χ3v) is 2.57. The Morgan fingerprint density at radius 2 is 2.47 bits per heavy atom. The lowest BCUT2D eigenvalue weighted by Crippen LogP contribution is -2.52. The van der Waals surface area contributed by atoms with Gasteiger partial charge < -0.3 is 20.3 Å². The highest BCUT2D eigenvalue weighted by atomic mass is 16.5. The Kier molecular flexibility index (Phi) is 5.60. The van der Waals surface area contributed by atoms with Crippen LogP contribution in [-0.2, 0) is 9.53 Å². The van der Waals surface area contributed by atoms with Crippen molar-refractivity contribution < 1.29 is 9.53 Å². The largest absolute Gasteiger partial charge is 0.378 e. The van der Waals surface area contributed by atoms with Crippen molar-refractivity contribution in [1.29, 1.82) is 0 Å². The number of carbonyl (C=O) groups excluding carboxylic acids is 1. The van der Waals surface area contributed by atoms with E-state index in [0.29, 0.717) is 19.8 Å². The summed E-state index contributed by atoms with van der Waals surface area (Å²) in [5.41, 5.74) is 0. The summed E-state index contributed by atoms with van der Waals surface area (Å²) >= 11 is 0. The number of rotatable bonds is 5. The first-order chi connectivity index (χ1) is 7.24. The molecule has 0 spiro atoms. The van der Waals surface area contributed by atoms with Crippen molar-refractivity contribution in [1.82, 2.24) is 15.5 Å². The van der Waals surface area contributed by atoms with E-state index in [-0.39, 0.29) is 11.9 Å². The van der Waals surface area contributed by atoms with Crippen LogP contribution in [0.5, 0.6) is 0 Å². The summed E-state index contributed by atoms with van der Waals surface area (Å²) in [5.74, 6) is 0.0409. The molecule has 1 fully saturated rings. The lowest BCUT2D eigenvalue weighted by molar-refractivity contribution is -0.125. The molecule has 1 heterocycles. The molecule has 0 bridgehead atoms. The number of likely N-dealkylation sites (N-methyl/N-ethyl adjacent to an activating group) is 1. The Hall–Kier alpha value is -0.650. The summed E-state index contributed by atoms with van der Waals surface area (Å²) in [4.78, 5) is 13.8. The molecule has 0 aromatic heterocycles. The molecule has 5 heteroatoms. The molecule has 88 valence electrons. The van der Waals surface area contributed by atoms with E-state index in [1.165, 1.54) is 0 Å². The highest BCUT2D eigenvalue weighted by molar-refractivity contribution is 5.81. The first-order valence-corrected chi connectivity index (χ1v) is 5.51. The van der Waals surface area contributed by atoms with E-state index < -0.39 is 0 Å². The molecule has 0 radical (unpaired) electrons. The fourth-order valence-corrected chi connectivity index (χ4v) is 1.39. The summed E-state index contributed by atoms with van der Waals surface area (Å²) in [6.07, 6.45) is 0. The van der Waals surface area contributed by atoms with Gasteiger partial charge in [0.25, 0.3) is 0 Å². The van der Waals surface area contributed by atoms with Gasteiger partial charge in [0.2, 0.25) is 5.91 Å². The van der Waals surface area contributed by atoms with Crippen LogP contribution in [0, 0.1) is 0 Å². The van der Waals surface area contributed by atoms with Crippen molar-refractivity contribution in [2.24, 2.45) is 0 Å². The van der Waals surface area contributed by atoms with Gasteiger partial charge in [-0.3, -0.25) is 4.79 Å². The molecule has 1 amide bonds. The molecule has 0 aliphatic carbocycles. The van der Waals surface area contributed by atoms with Crippen molar-refractivity contribution >= 4 is 5.91 Å². The van der Waals surface area contributed by atoms with E-state index in [1.807, 2.05) is 7.05 Å². The summed E-state index contributed by atoms with van der Waals surface area (Å²) in [6.45, 7) is 6.61.